The number of nitrogens with one attached hydrogen (secondary N) is 1. The molecule has 2 aromatic heterocycles. The van der Waals surface area contributed by atoms with Gasteiger partial charge >= 0.3 is 0 Å². The SMILES string of the molecule is CCNC(Cc1ccc(CC)cn1)c1cc(C)c(Br)s1. The first-order chi connectivity index (χ1) is 9.63. The van der Waals surface area contributed by atoms with Gasteiger partial charge in [0.15, 0.2) is 0 Å². The van der Waals surface area contributed by atoms with Crippen LogP contribution in [0, 0.1) is 6.92 Å². The molecule has 4 heteroatoms. The minimum Gasteiger partial charge on any atom is -0.309 e. The highest BCUT2D eigenvalue weighted by atomic mass is 79.9. The molecular weight excluding hydrogens is 332 g/mol. The largest absolute Gasteiger partial charge is 0.309 e. The third-order valence-electron chi connectivity index (χ3n) is 3.38. The molecule has 0 aromatic carbocycles. The molecule has 0 aliphatic rings. The predicted molar refractivity (Wildman–Crippen MR) is 90.5 cm³/mol. The molecular formula is C16H21BrN2S. The maximum atomic E-state index is 4.58. The van der Waals surface area contributed by atoms with Crippen LogP contribution in [0.3, 0.4) is 0 Å². The van der Waals surface area contributed by atoms with E-state index in [9.17, 15) is 0 Å². The van der Waals surface area contributed by atoms with Crippen LogP contribution in [0.15, 0.2) is 28.2 Å². The zero-order chi connectivity index (χ0) is 14.5. The second-order valence-corrected chi connectivity index (χ2v) is 7.33. The van der Waals surface area contributed by atoms with Gasteiger partial charge in [0.05, 0.1) is 3.79 Å². The maximum absolute atomic E-state index is 4.58. The Balaban J connectivity index is 2.15. The van der Waals surface area contributed by atoms with E-state index < -0.39 is 0 Å². The van der Waals surface area contributed by atoms with Crippen molar-refractivity contribution in [1.82, 2.24) is 10.3 Å². The van der Waals surface area contributed by atoms with Crippen molar-refractivity contribution in [2.24, 2.45) is 0 Å². The van der Waals surface area contributed by atoms with Gasteiger partial charge in [-0.2, -0.15) is 0 Å². The quantitative estimate of drug-likeness (QED) is 0.816. The monoisotopic (exact) mass is 352 g/mol. The van der Waals surface area contributed by atoms with E-state index in [1.165, 1.54) is 19.8 Å². The van der Waals surface area contributed by atoms with Gasteiger partial charge in [-0.25, -0.2) is 0 Å². The van der Waals surface area contributed by atoms with Crippen molar-refractivity contribution in [3.05, 3.63) is 49.9 Å². The Labute approximate surface area is 133 Å². The van der Waals surface area contributed by atoms with Crippen LogP contribution in [0.2, 0.25) is 0 Å². The number of pyridine rings is 1. The fourth-order valence-electron chi connectivity index (χ4n) is 2.17. The number of hydrogen-bond donors (Lipinski definition) is 1. The van der Waals surface area contributed by atoms with Gasteiger partial charge in [0, 0.05) is 29.2 Å². The van der Waals surface area contributed by atoms with Crippen molar-refractivity contribution in [2.45, 2.75) is 39.7 Å². The summed E-state index contributed by atoms with van der Waals surface area (Å²) in [7, 11) is 0. The summed E-state index contributed by atoms with van der Waals surface area (Å²) in [6.45, 7) is 7.41. The zero-order valence-corrected chi connectivity index (χ0v) is 14.6. The fraction of sp³-hybridized carbons (Fsp3) is 0.438. The molecule has 20 heavy (non-hydrogen) atoms. The lowest BCUT2D eigenvalue weighted by Crippen LogP contribution is -2.22. The lowest BCUT2D eigenvalue weighted by atomic mass is 10.1. The van der Waals surface area contributed by atoms with Crippen LogP contribution in [-0.2, 0) is 12.8 Å². The molecule has 0 aliphatic carbocycles. The molecule has 0 saturated heterocycles. The van der Waals surface area contributed by atoms with Crippen LogP contribution in [0.25, 0.3) is 0 Å². The van der Waals surface area contributed by atoms with Crippen molar-refractivity contribution in [2.75, 3.05) is 6.54 Å². The minimum atomic E-state index is 0.343. The molecule has 2 heterocycles. The number of thiophene rings is 1. The first-order valence-corrected chi connectivity index (χ1v) is 8.68. The summed E-state index contributed by atoms with van der Waals surface area (Å²) >= 11 is 5.43. The topological polar surface area (TPSA) is 24.9 Å². The third kappa shape index (κ3) is 3.90. The lowest BCUT2D eigenvalue weighted by Gasteiger charge is -2.16. The second-order valence-electron chi connectivity index (χ2n) is 4.93. The Morgan fingerprint density at radius 3 is 2.65 bits per heavy atom. The molecule has 0 bridgehead atoms. The summed E-state index contributed by atoms with van der Waals surface area (Å²) in [5.41, 5.74) is 3.75. The molecule has 0 spiro atoms. The number of halogens is 1. The first-order valence-electron chi connectivity index (χ1n) is 7.07. The molecule has 108 valence electrons. The van der Waals surface area contributed by atoms with Gasteiger partial charge in [-0.1, -0.05) is 19.9 Å². The fourth-order valence-corrected chi connectivity index (χ4v) is 3.82. The van der Waals surface area contributed by atoms with Crippen molar-refractivity contribution >= 4 is 27.3 Å². The molecule has 0 saturated carbocycles. The Bertz CT molecular complexity index is 529. The molecule has 1 N–H and O–H groups in total. The van der Waals surface area contributed by atoms with Gasteiger partial charge in [0.25, 0.3) is 0 Å². The van der Waals surface area contributed by atoms with Crippen LogP contribution >= 0.6 is 27.3 Å². The summed E-state index contributed by atoms with van der Waals surface area (Å²) in [5.74, 6) is 0. The molecule has 0 fully saturated rings. The highest BCUT2D eigenvalue weighted by Crippen LogP contribution is 2.32. The van der Waals surface area contributed by atoms with Crippen LogP contribution in [0.5, 0.6) is 0 Å². The van der Waals surface area contributed by atoms with Crippen molar-refractivity contribution in [3.8, 4) is 0 Å². The van der Waals surface area contributed by atoms with E-state index in [2.05, 4.69) is 65.2 Å². The lowest BCUT2D eigenvalue weighted by molar-refractivity contribution is 0.552. The first kappa shape index (κ1) is 15.7. The van der Waals surface area contributed by atoms with Gasteiger partial charge in [-0.3, -0.25) is 4.98 Å². The number of hydrogen-bond acceptors (Lipinski definition) is 3. The van der Waals surface area contributed by atoms with Gasteiger partial charge < -0.3 is 5.32 Å². The van der Waals surface area contributed by atoms with Crippen molar-refractivity contribution in [1.29, 1.82) is 0 Å². The maximum Gasteiger partial charge on any atom is 0.0731 e. The smallest absolute Gasteiger partial charge is 0.0731 e. The standard InChI is InChI=1S/C16H21BrN2S/c1-4-12-6-7-13(19-10-12)9-14(18-5-2)15-8-11(3)16(17)20-15/h6-8,10,14,18H,4-5,9H2,1-3H3. The van der Waals surface area contributed by atoms with Gasteiger partial charge in [-0.05, 0) is 59.1 Å². The Morgan fingerprint density at radius 1 is 1.35 bits per heavy atom. The molecule has 0 amide bonds. The third-order valence-corrected chi connectivity index (χ3v) is 5.63. The van der Waals surface area contributed by atoms with Gasteiger partial charge in [0.1, 0.15) is 0 Å². The van der Waals surface area contributed by atoms with Crippen LogP contribution in [0.4, 0.5) is 0 Å². The summed E-state index contributed by atoms with van der Waals surface area (Å²) in [4.78, 5) is 5.95. The Morgan fingerprint density at radius 2 is 2.15 bits per heavy atom. The number of nitrogens with zero attached hydrogens (tertiary/aromatic N) is 1. The average molecular weight is 353 g/mol. The minimum absolute atomic E-state index is 0.343. The van der Waals surface area contributed by atoms with Gasteiger partial charge in [0.2, 0.25) is 0 Å². The normalized spacial score (nSPS) is 12.6. The zero-order valence-electron chi connectivity index (χ0n) is 12.2. The highest BCUT2D eigenvalue weighted by Gasteiger charge is 2.15. The number of likely N-dealkylation sites (N-methyl/N-ethyl adjacent to an activating group) is 1. The molecule has 1 unspecified atom stereocenters. The molecule has 2 nitrogen and oxygen atoms in total. The van der Waals surface area contributed by atoms with Crippen LogP contribution in [0.1, 0.15) is 41.6 Å². The van der Waals surface area contributed by atoms with Crippen molar-refractivity contribution in [3.63, 3.8) is 0 Å². The number of rotatable bonds is 6. The summed E-state index contributed by atoms with van der Waals surface area (Å²) in [5, 5.41) is 3.57. The van der Waals surface area contributed by atoms with Crippen molar-refractivity contribution < 1.29 is 0 Å². The van der Waals surface area contributed by atoms with Crippen LogP contribution in [-0.4, -0.2) is 11.5 Å². The Hall–Kier alpha value is -0.710. The van der Waals surface area contributed by atoms with E-state index in [-0.39, 0.29) is 0 Å². The molecule has 2 aromatic rings. The molecule has 0 radical (unpaired) electrons. The van der Waals surface area contributed by atoms with E-state index in [1.807, 2.05) is 17.5 Å². The number of aromatic nitrogens is 1. The van der Waals surface area contributed by atoms with E-state index in [1.54, 1.807) is 0 Å². The van der Waals surface area contributed by atoms with E-state index in [0.717, 1.165) is 25.1 Å². The summed E-state index contributed by atoms with van der Waals surface area (Å²) < 4.78 is 1.23. The predicted octanol–water partition coefficient (Wildman–Crippen LogP) is 4.67. The van der Waals surface area contributed by atoms with E-state index in [0.29, 0.717) is 6.04 Å². The van der Waals surface area contributed by atoms with E-state index in [4.69, 9.17) is 0 Å². The Kier molecular flexibility index (Phi) is 5.75. The molecule has 1 atom stereocenters. The number of aryl methyl sites for hydroxylation is 2. The van der Waals surface area contributed by atoms with E-state index >= 15 is 0 Å². The summed E-state index contributed by atoms with van der Waals surface area (Å²) in [6, 6.07) is 6.94. The molecule has 2 rings (SSSR count). The highest BCUT2D eigenvalue weighted by molar-refractivity contribution is 9.11. The average Bonchev–Trinajstić information content (AvgIpc) is 2.79. The molecule has 0 aliphatic heterocycles. The second kappa shape index (κ2) is 7.34. The van der Waals surface area contributed by atoms with Crippen LogP contribution < -0.4 is 5.32 Å². The van der Waals surface area contributed by atoms with Gasteiger partial charge in [-0.15, -0.1) is 11.3 Å². The summed E-state index contributed by atoms with van der Waals surface area (Å²) in [6.07, 6.45) is 3.97.